The van der Waals surface area contributed by atoms with Crippen molar-refractivity contribution < 1.29 is 14.2 Å². The van der Waals surface area contributed by atoms with Gasteiger partial charge in [-0.1, -0.05) is 74.4 Å². The van der Waals surface area contributed by atoms with Gasteiger partial charge in [0, 0.05) is 0 Å². The lowest BCUT2D eigenvalue weighted by Gasteiger charge is -2.47. The van der Waals surface area contributed by atoms with Crippen molar-refractivity contribution in [3.05, 3.63) is 0 Å². The van der Waals surface area contributed by atoms with Crippen molar-refractivity contribution in [3.63, 3.8) is 0 Å². The van der Waals surface area contributed by atoms with Gasteiger partial charge in [0.15, 0.2) is 0 Å². The molecule has 0 aromatic heterocycles. The van der Waals surface area contributed by atoms with Crippen LogP contribution < -0.4 is 10.0 Å². The fourth-order valence-corrected chi connectivity index (χ4v) is 9.47. The van der Waals surface area contributed by atoms with Crippen LogP contribution in [-0.2, 0) is 21.2 Å². The molecule has 2 aliphatic carbocycles. The van der Waals surface area contributed by atoms with Crippen LogP contribution in [0.15, 0.2) is 5.16 Å². The lowest BCUT2D eigenvalue weighted by atomic mass is 9.95. The summed E-state index contributed by atoms with van der Waals surface area (Å²) in [5.41, 5.74) is 0. The summed E-state index contributed by atoms with van der Waals surface area (Å²) in [6, 6.07) is 0. The molecule has 0 aromatic rings. The third-order valence-corrected chi connectivity index (χ3v) is 12.8. The number of nitrogens with zero attached hydrogens (tertiary/aromatic N) is 1. The van der Waals surface area contributed by atoms with Crippen LogP contribution in [0.25, 0.3) is 0 Å². The van der Waals surface area contributed by atoms with Crippen molar-refractivity contribution in [2.75, 3.05) is 18.3 Å². The van der Waals surface area contributed by atoms with Gasteiger partial charge in [-0.05, 0) is 45.0 Å². The van der Waals surface area contributed by atoms with E-state index in [4.69, 9.17) is 21.2 Å². The third kappa shape index (κ3) is 7.69. The Kier molecular flexibility index (Phi) is 11.3. The minimum Gasteiger partial charge on any atom is -0.346 e. The summed E-state index contributed by atoms with van der Waals surface area (Å²) in [7, 11) is 0. The highest BCUT2D eigenvalue weighted by Gasteiger charge is 2.46. The van der Waals surface area contributed by atoms with Crippen LogP contribution in [0.3, 0.4) is 0 Å². The Labute approximate surface area is 189 Å². The number of carbonyl (C=O) groups excluding carboxylic acids is 1. The molecule has 2 fully saturated rings. The molecule has 2 N–H and O–H groups in total. The zero-order chi connectivity index (χ0) is 21.2. The molecule has 1 atom stereocenters. The fourth-order valence-electron chi connectivity index (χ4n) is 3.98. The number of carbonyl (C=O) groups is 1. The molecule has 6 nitrogen and oxygen atoms in total. The maximum absolute atomic E-state index is 11.8. The van der Waals surface area contributed by atoms with Gasteiger partial charge in [0.25, 0.3) is 0 Å². The van der Waals surface area contributed by atoms with Crippen molar-refractivity contribution in [1.82, 2.24) is 10.0 Å². The molecule has 0 radical (unpaired) electrons. The van der Waals surface area contributed by atoms with E-state index >= 15 is 0 Å². The van der Waals surface area contributed by atoms with Gasteiger partial charge in [0.1, 0.15) is 5.04 Å². The van der Waals surface area contributed by atoms with Gasteiger partial charge in [-0.15, -0.1) is 11.8 Å². The SMILES string of the molecule is CCP(=S)(OC1CCCCC1)C1(NSCNC(=O)ON=C(C)SC)CCCCC1. The summed E-state index contributed by atoms with van der Waals surface area (Å²) in [4.78, 5) is 16.6. The number of hydrogen-bond donors (Lipinski definition) is 2. The molecule has 1 unspecified atom stereocenters. The van der Waals surface area contributed by atoms with E-state index in [0.29, 0.717) is 17.0 Å². The molecule has 2 aliphatic rings. The normalized spacial score (nSPS) is 22.7. The number of thioether (sulfide) groups is 1. The number of nitrogens with one attached hydrogen (secondary N) is 2. The van der Waals surface area contributed by atoms with Crippen LogP contribution in [0, 0.1) is 0 Å². The van der Waals surface area contributed by atoms with Crippen LogP contribution >= 0.6 is 30.0 Å². The van der Waals surface area contributed by atoms with Gasteiger partial charge >= 0.3 is 6.09 Å². The number of oxime groups is 1. The molecular formula is C19H36N3O3PS3. The molecule has 2 saturated carbocycles. The average Bonchev–Trinajstić information content (AvgIpc) is 2.76. The summed E-state index contributed by atoms with van der Waals surface area (Å²) < 4.78 is 10.4. The van der Waals surface area contributed by atoms with Crippen LogP contribution in [0.1, 0.15) is 78.1 Å². The smallest absolute Gasteiger partial charge is 0.346 e. The molecule has 2 rings (SSSR count). The van der Waals surface area contributed by atoms with Crippen molar-refractivity contribution >= 4 is 52.9 Å². The predicted octanol–water partition coefficient (Wildman–Crippen LogP) is 6.03. The van der Waals surface area contributed by atoms with E-state index in [0.717, 1.165) is 31.8 Å². The van der Waals surface area contributed by atoms with E-state index in [1.807, 2.05) is 6.26 Å². The molecule has 0 aromatic carbocycles. The molecule has 0 aliphatic heterocycles. The van der Waals surface area contributed by atoms with Crippen LogP contribution in [0.4, 0.5) is 4.79 Å². The molecule has 0 heterocycles. The van der Waals surface area contributed by atoms with E-state index in [1.165, 1.54) is 62.2 Å². The molecule has 0 saturated heterocycles. The molecule has 0 bridgehead atoms. The Balaban J connectivity index is 1.94. The lowest BCUT2D eigenvalue weighted by molar-refractivity contribution is 0.153. The van der Waals surface area contributed by atoms with Gasteiger partial charge in [0.05, 0.1) is 23.5 Å². The van der Waals surface area contributed by atoms with Gasteiger partial charge in [-0.2, -0.15) is 0 Å². The summed E-state index contributed by atoms with van der Waals surface area (Å²) in [6.45, 7) is 3.99. The highest BCUT2D eigenvalue weighted by Crippen LogP contribution is 2.64. The first-order chi connectivity index (χ1) is 13.9. The second-order valence-corrected chi connectivity index (χ2v) is 14.3. The predicted molar refractivity (Wildman–Crippen MR) is 130 cm³/mol. The second-order valence-electron chi connectivity index (χ2n) is 7.71. The Morgan fingerprint density at radius 3 is 2.48 bits per heavy atom. The zero-order valence-electron chi connectivity index (χ0n) is 17.9. The average molecular weight is 482 g/mol. The Bertz CT molecular complexity index is 594. The van der Waals surface area contributed by atoms with E-state index in [9.17, 15) is 4.79 Å². The monoisotopic (exact) mass is 481 g/mol. The summed E-state index contributed by atoms with van der Waals surface area (Å²) in [5.74, 6) is 0.400. The molecule has 29 heavy (non-hydrogen) atoms. The first-order valence-corrected chi connectivity index (χ1v) is 15.8. The van der Waals surface area contributed by atoms with Gasteiger partial charge < -0.3 is 9.84 Å². The Hall–Kier alpha value is 0.210. The largest absolute Gasteiger partial charge is 0.434 e. The minimum absolute atomic E-state index is 0.142. The molecular weight excluding hydrogens is 445 g/mol. The topological polar surface area (TPSA) is 72.0 Å². The standard InChI is InChI=1S/C19H36N3O3PS3/c1-4-26(27,25-17-11-7-5-8-12-17)19(13-9-6-10-14-19)22-29-15-20-18(23)24-21-16(2)28-3/h17,22H,4-15H2,1-3H3,(H,20,23). The first-order valence-electron chi connectivity index (χ1n) is 10.6. The van der Waals surface area contributed by atoms with E-state index in [1.54, 1.807) is 6.92 Å². The Morgan fingerprint density at radius 2 is 1.86 bits per heavy atom. The summed E-state index contributed by atoms with van der Waals surface area (Å²) in [6.07, 6.45) is 12.4. The number of hydrogen-bond acceptors (Lipinski definition) is 8. The van der Waals surface area contributed by atoms with Gasteiger partial charge in [-0.3, -0.25) is 4.84 Å². The zero-order valence-corrected chi connectivity index (χ0v) is 21.3. The molecule has 1 amide bonds. The fraction of sp³-hybridized carbons (Fsp3) is 0.895. The lowest BCUT2D eigenvalue weighted by Crippen LogP contribution is -2.45. The third-order valence-electron chi connectivity index (χ3n) is 5.72. The van der Waals surface area contributed by atoms with Crippen molar-refractivity contribution in [2.45, 2.75) is 89.4 Å². The van der Waals surface area contributed by atoms with Crippen LogP contribution in [0.5, 0.6) is 0 Å². The van der Waals surface area contributed by atoms with Crippen LogP contribution in [0.2, 0.25) is 0 Å². The number of rotatable bonds is 9. The van der Waals surface area contributed by atoms with E-state index in [2.05, 4.69) is 22.1 Å². The number of amides is 1. The second kappa shape index (κ2) is 12.9. The maximum atomic E-state index is 11.8. The van der Waals surface area contributed by atoms with E-state index < -0.39 is 12.4 Å². The summed E-state index contributed by atoms with van der Waals surface area (Å²) >= 11 is 9.22. The highest BCUT2D eigenvalue weighted by atomic mass is 32.4. The first kappa shape index (κ1) is 25.5. The summed E-state index contributed by atoms with van der Waals surface area (Å²) in [5, 5.41) is 7.04. The van der Waals surface area contributed by atoms with Gasteiger partial charge in [0.2, 0.25) is 0 Å². The minimum atomic E-state index is -2.04. The van der Waals surface area contributed by atoms with Gasteiger partial charge in [-0.25, -0.2) is 9.52 Å². The molecule has 0 spiro atoms. The van der Waals surface area contributed by atoms with Crippen molar-refractivity contribution in [1.29, 1.82) is 0 Å². The van der Waals surface area contributed by atoms with Crippen molar-refractivity contribution in [3.8, 4) is 0 Å². The maximum Gasteiger partial charge on any atom is 0.434 e. The van der Waals surface area contributed by atoms with Crippen molar-refractivity contribution in [2.24, 2.45) is 5.16 Å². The molecule has 10 heteroatoms. The quantitative estimate of drug-likeness (QED) is 0.0609. The Morgan fingerprint density at radius 1 is 1.21 bits per heavy atom. The molecule has 168 valence electrons. The van der Waals surface area contributed by atoms with Crippen LogP contribution in [-0.4, -0.2) is 40.8 Å². The van der Waals surface area contributed by atoms with E-state index in [-0.39, 0.29) is 5.28 Å². The highest BCUT2D eigenvalue weighted by molar-refractivity contribution is 8.13.